The zero-order valence-corrected chi connectivity index (χ0v) is 11.9. The minimum atomic E-state index is -5.50. The standard InChI is InChI=1S/3Fe.Gd.12O. The van der Waals surface area contributed by atoms with E-state index in [0.29, 0.717) is 0 Å². The maximum atomic E-state index is 8.56. The summed E-state index contributed by atoms with van der Waals surface area (Å²) < 4.78 is 103. The number of rotatable bonds is 0. The van der Waals surface area contributed by atoms with Crippen molar-refractivity contribution in [3.05, 3.63) is 0 Å². The Kier molecular flexibility index (Phi) is 15.1. The van der Waals surface area contributed by atoms with Gasteiger partial charge in [-0.25, -0.2) is 0 Å². The molecule has 0 aliphatic rings. The van der Waals surface area contributed by atoms with Gasteiger partial charge >= 0.3 is 83.7 Å². The van der Waals surface area contributed by atoms with Crippen LogP contribution in [-0.4, -0.2) is 0 Å². The molecule has 0 saturated carbocycles. The Morgan fingerprint density at radius 1 is 0.312 bits per heavy atom. The van der Waals surface area contributed by atoms with E-state index in [1.165, 1.54) is 0 Å². The predicted molar refractivity (Wildman–Crippen MR) is 8.24 cm³/mol. The summed E-state index contributed by atoms with van der Waals surface area (Å²) in [7, 11) is 0. The minimum absolute atomic E-state index is 0. The van der Waals surface area contributed by atoms with Crippen LogP contribution in [0.2, 0.25) is 0 Å². The topological polar surface area (TPSA) is 205 Å². The van der Waals surface area contributed by atoms with Gasteiger partial charge in [0.05, 0.1) is 0 Å². The fraction of sp³-hybridized carbons (Fsp3) is 0. The molecule has 12 nitrogen and oxygen atoms in total. The second kappa shape index (κ2) is 9.51. The van der Waals surface area contributed by atoms with E-state index in [-0.39, 0.29) is 39.9 Å². The molecule has 0 aliphatic carbocycles. The van der Waals surface area contributed by atoms with Crippen LogP contribution in [0, 0.1) is 39.9 Å². The van der Waals surface area contributed by atoms with Crippen LogP contribution in [0.1, 0.15) is 0 Å². The number of hydrogen-bond donors (Lipinski definition) is 0. The average molecular weight is 517 g/mol. The summed E-state index contributed by atoms with van der Waals surface area (Å²) in [4.78, 5) is 0. The van der Waals surface area contributed by atoms with Crippen LogP contribution in [0.3, 0.4) is 0 Å². The molecule has 16 heavy (non-hydrogen) atoms. The third kappa shape index (κ3) is 11300. The second-order valence-electron chi connectivity index (χ2n) is 1.06. The van der Waals surface area contributed by atoms with Gasteiger partial charge in [-0.1, -0.05) is 0 Å². The van der Waals surface area contributed by atoms with Crippen LogP contribution < -0.4 is 0 Å². The molecule has 0 amide bonds. The zero-order chi connectivity index (χ0) is 13.5. The van der Waals surface area contributed by atoms with Gasteiger partial charge in [-0.2, -0.15) is 0 Å². The molecule has 0 aromatic heterocycles. The summed E-state index contributed by atoms with van der Waals surface area (Å²) in [5, 5.41) is 0. The first-order valence-corrected chi connectivity index (χ1v) is 7.14. The van der Waals surface area contributed by atoms with Gasteiger partial charge in [-0.3, -0.25) is 0 Å². The van der Waals surface area contributed by atoms with E-state index in [1.54, 1.807) is 0 Å². The molecule has 0 aromatic rings. The van der Waals surface area contributed by atoms with Gasteiger partial charge in [0, 0.05) is 39.9 Å². The van der Waals surface area contributed by atoms with Crippen molar-refractivity contribution in [1.29, 1.82) is 0 Å². The van der Waals surface area contributed by atoms with E-state index < -0.39 is 37.7 Å². The quantitative estimate of drug-likeness (QED) is 0.339. The molecule has 16 heteroatoms. The molecule has 0 fully saturated rings. The van der Waals surface area contributed by atoms with E-state index in [9.17, 15) is 0 Å². The van der Waals surface area contributed by atoms with Gasteiger partial charge in [-0.15, -0.1) is 0 Å². The van der Waals surface area contributed by atoms with Crippen molar-refractivity contribution in [2.75, 3.05) is 0 Å². The van der Waals surface area contributed by atoms with Crippen molar-refractivity contribution in [1.82, 2.24) is 0 Å². The van der Waals surface area contributed by atoms with Gasteiger partial charge in [-0.05, 0) is 0 Å². The van der Waals surface area contributed by atoms with Gasteiger partial charge < -0.3 is 0 Å². The van der Waals surface area contributed by atoms with Crippen LogP contribution >= 0.6 is 0 Å². The first-order chi connectivity index (χ1) is 6.00. The van der Waals surface area contributed by atoms with E-state index >= 15 is 0 Å². The fourth-order valence-electron chi connectivity index (χ4n) is 0. The molecule has 0 aromatic carbocycles. The summed E-state index contributed by atoms with van der Waals surface area (Å²) in [6.07, 6.45) is 0. The molecule has 0 bridgehead atoms. The first kappa shape index (κ1) is 25.4. The van der Waals surface area contributed by atoms with Gasteiger partial charge in [0.2, 0.25) is 0 Å². The van der Waals surface area contributed by atoms with Crippen LogP contribution in [0.15, 0.2) is 0 Å². The van der Waals surface area contributed by atoms with Crippen molar-refractivity contribution < 1.29 is 124 Å². The zero-order valence-electron chi connectivity index (χ0n) is 6.31. The number of hydrogen-bond acceptors (Lipinski definition) is 12. The van der Waals surface area contributed by atoms with Gasteiger partial charge in [0.1, 0.15) is 0 Å². The maximum absolute atomic E-state index is 8.56. The molecule has 104 valence electrons. The fourth-order valence-corrected chi connectivity index (χ4v) is 0. The van der Waals surface area contributed by atoms with E-state index in [0.717, 1.165) is 0 Å². The second-order valence-corrected chi connectivity index (χ2v) is 4.37. The summed E-state index contributed by atoms with van der Waals surface area (Å²) >= 11 is -16.5. The van der Waals surface area contributed by atoms with Crippen molar-refractivity contribution in [3.8, 4) is 0 Å². The molecular formula is Fe3GdO12. The summed E-state index contributed by atoms with van der Waals surface area (Å²) in [5.41, 5.74) is 0. The Morgan fingerprint density at radius 3 is 0.312 bits per heavy atom. The Labute approximate surface area is 122 Å². The van der Waals surface area contributed by atoms with Crippen LogP contribution in [0.4, 0.5) is 0 Å². The molecule has 0 unspecified atom stereocenters. The Morgan fingerprint density at radius 2 is 0.312 bits per heavy atom. The molecule has 0 radical (unpaired) electrons. The Bertz CT molecular complexity index is 603. The van der Waals surface area contributed by atoms with Crippen molar-refractivity contribution in [2.24, 2.45) is 0 Å². The first-order valence-electron chi connectivity index (χ1n) is 1.73. The Balaban J connectivity index is -0.0000000655. The molecule has 0 atom stereocenters. The molecule has 0 N–H and O–H groups in total. The molecule has 0 aliphatic heterocycles. The van der Waals surface area contributed by atoms with Crippen molar-refractivity contribution in [3.63, 3.8) is 0 Å². The monoisotopic (exact) mass is 518 g/mol. The SMILES string of the molecule is [Gd].[O]=[Fe](=[O])(=[O])=[O].[O]=[Fe](=[O])(=[O])=[O].[O]=[Fe](=[O])(=[O])=[O]. The van der Waals surface area contributed by atoms with Gasteiger partial charge in [0.15, 0.2) is 0 Å². The molecule has 0 heterocycles. The third-order valence-electron chi connectivity index (χ3n) is 0. The predicted octanol–water partition coefficient (Wildman–Crippen LogP) is -1.43. The van der Waals surface area contributed by atoms with Crippen LogP contribution in [-0.2, 0) is 83.7 Å². The van der Waals surface area contributed by atoms with Crippen molar-refractivity contribution in [2.45, 2.75) is 0 Å². The summed E-state index contributed by atoms with van der Waals surface area (Å²) in [6.45, 7) is 0. The molecule has 0 rings (SSSR count). The average Bonchev–Trinajstić information content (AvgIpc) is 1.41. The normalized spacial score (nSPS) is 10.5. The summed E-state index contributed by atoms with van der Waals surface area (Å²) in [5.74, 6) is 0. The van der Waals surface area contributed by atoms with Crippen LogP contribution in [0.5, 0.6) is 0 Å². The van der Waals surface area contributed by atoms with E-state index in [4.69, 9.17) is 46.0 Å². The Hall–Kier alpha value is 0.483. The molecule has 0 saturated heterocycles. The van der Waals surface area contributed by atoms with Gasteiger partial charge in [0.25, 0.3) is 0 Å². The van der Waals surface area contributed by atoms with Crippen molar-refractivity contribution >= 4 is 0 Å². The van der Waals surface area contributed by atoms with E-state index in [1.807, 2.05) is 0 Å². The summed E-state index contributed by atoms with van der Waals surface area (Å²) in [6, 6.07) is 0. The van der Waals surface area contributed by atoms with Crippen LogP contribution in [0.25, 0.3) is 0 Å². The third-order valence-corrected chi connectivity index (χ3v) is 0. The molecule has 0 spiro atoms. The van der Waals surface area contributed by atoms with E-state index in [2.05, 4.69) is 0 Å². The molecular weight excluding hydrogens is 517 g/mol.